The quantitative estimate of drug-likeness (QED) is 0.875. The molecule has 138 valence electrons. The molecule has 1 amide bonds. The summed E-state index contributed by atoms with van der Waals surface area (Å²) < 4.78 is 38.0. The summed E-state index contributed by atoms with van der Waals surface area (Å²) in [6.07, 6.45) is -4.67. The number of carbonyl (C=O) groups is 1. The van der Waals surface area contributed by atoms with Crippen LogP contribution in [0.5, 0.6) is 0 Å². The summed E-state index contributed by atoms with van der Waals surface area (Å²) >= 11 is 0. The maximum Gasteiger partial charge on any atom is 0.431 e. The number of carbonyl (C=O) groups excluding carboxylic acids is 1. The van der Waals surface area contributed by atoms with E-state index in [1.807, 2.05) is 30.3 Å². The molecule has 1 aromatic heterocycles. The number of nitrogens with two attached hydrogens (primary N) is 1. The molecule has 0 aliphatic carbocycles. The number of alkyl halides is 3. The second-order valence-corrected chi connectivity index (χ2v) is 6.34. The molecule has 1 fully saturated rings. The number of pyridine rings is 1. The predicted molar refractivity (Wildman–Crippen MR) is 89.7 cm³/mol. The molecule has 1 aliphatic heterocycles. The van der Waals surface area contributed by atoms with Crippen LogP contribution in [0.25, 0.3) is 0 Å². The topological polar surface area (TPSA) is 79.2 Å². The highest BCUT2D eigenvalue weighted by atomic mass is 19.4. The first-order valence-corrected chi connectivity index (χ1v) is 8.16. The molecule has 5 nitrogen and oxygen atoms in total. The van der Waals surface area contributed by atoms with Crippen LogP contribution in [0, 0.1) is 5.92 Å². The van der Waals surface area contributed by atoms with E-state index in [9.17, 15) is 22.8 Å². The van der Waals surface area contributed by atoms with Crippen LogP contribution in [0.2, 0.25) is 0 Å². The van der Waals surface area contributed by atoms with Gasteiger partial charge >= 0.3 is 6.18 Å². The van der Waals surface area contributed by atoms with E-state index in [-0.39, 0.29) is 17.4 Å². The molecule has 0 unspecified atom stereocenters. The van der Waals surface area contributed by atoms with Crippen LogP contribution in [0.15, 0.2) is 47.3 Å². The Morgan fingerprint density at radius 1 is 1.15 bits per heavy atom. The lowest BCUT2D eigenvalue weighted by atomic mass is 9.89. The Bertz CT molecular complexity index is 849. The molecular weight excluding hydrogens is 347 g/mol. The van der Waals surface area contributed by atoms with E-state index in [0.29, 0.717) is 25.7 Å². The van der Waals surface area contributed by atoms with E-state index in [0.717, 1.165) is 11.6 Å². The molecule has 8 heteroatoms. The third-order valence-electron chi connectivity index (χ3n) is 4.70. The molecule has 0 radical (unpaired) electrons. The van der Waals surface area contributed by atoms with Gasteiger partial charge in [-0.05, 0) is 30.2 Å². The van der Waals surface area contributed by atoms with E-state index >= 15 is 0 Å². The zero-order chi connectivity index (χ0) is 18.9. The Morgan fingerprint density at radius 2 is 1.85 bits per heavy atom. The number of halogens is 3. The Labute approximate surface area is 147 Å². The molecule has 0 bridgehead atoms. The highest BCUT2D eigenvalue weighted by Gasteiger charge is 2.37. The van der Waals surface area contributed by atoms with Gasteiger partial charge in [0, 0.05) is 19.0 Å². The number of rotatable bonds is 3. The number of hydrogen-bond acceptors (Lipinski definition) is 3. The molecule has 3 rings (SSSR count). The molecule has 2 aromatic rings. The highest BCUT2D eigenvalue weighted by Crippen LogP contribution is 2.32. The fourth-order valence-electron chi connectivity index (χ4n) is 3.33. The second kappa shape index (κ2) is 6.95. The summed E-state index contributed by atoms with van der Waals surface area (Å²) in [6.45, 7) is 1.09. The van der Waals surface area contributed by atoms with E-state index in [1.165, 1.54) is 4.90 Å². The van der Waals surface area contributed by atoms with Crippen molar-refractivity contribution in [3.8, 4) is 0 Å². The number of nitrogens with zero attached hydrogens (tertiary/aromatic N) is 1. The summed E-state index contributed by atoms with van der Waals surface area (Å²) in [7, 11) is 0. The van der Waals surface area contributed by atoms with Crippen LogP contribution in [-0.4, -0.2) is 35.4 Å². The minimum Gasteiger partial charge on any atom is -0.337 e. The van der Waals surface area contributed by atoms with Crippen LogP contribution >= 0.6 is 0 Å². The third-order valence-corrected chi connectivity index (χ3v) is 4.70. The monoisotopic (exact) mass is 365 g/mol. The molecule has 3 N–H and O–H groups in total. The lowest BCUT2D eigenvalue weighted by Crippen LogP contribution is -2.34. The van der Waals surface area contributed by atoms with Crippen LogP contribution in [0.3, 0.4) is 0 Å². The van der Waals surface area contributed by atoms with Crippen molar-refractivity contribution in [1.29, 1.82) is 0 Å². The van der Waals surface area contributed by atoms with Crippen LogP contribution in [-0.2, 0) is 6.18 Å². The molecule has 26 heavy (non-hydrogen) atoms. The van der Waals surface area contributed by atoms with E-state index in [2.05, 4.69) is 0 Å². The number of aromatic amines is 1. The molecule has 2 heterocycles. The number of nitrogens with one attached hydrogen (secondary N) is 1. The van der Waals surface area contributed by atoms with Crippen molar-refractivity contribution in [2.24, 2.45) is 11.7 Å². The van der Waals surface area contributed by atoms with Crippen molar-refractivity contribution in [2.75, 3.05) is 19.6 Å². The maximum atomic E-state index is 12.7. The van der Waals surface area contributed by atoms with Crippen molar-refractivity contribution in [3.63, 3.8) is 0 Å². The number of aromatic nitrogens is 1. The highest BCUT2D eigenvalue weighted by molar-refractivity contribution is 5.94. The minimum atomic E-state index is -4.67. The Kier molecular flexibility index (Phi) is 4.86. The van der Waals surface area contributed by atoms with Gasteiger partial charge in [0.25, 0.3) is 11.5 Å². The molecule has 0 saturated carbocycles. The first-order chi connectivity index (χ1) is 12.3. The van der Waals surface area contributed by atoms with Crippen molar-refractivity contribution in [2.45, 2.75) is 12.1 Å². The smallest absolute Gasteiger partial charge is 0.337 e. The van der Waals surface area contributed by atoms with Crippen LogP contribution in [0.1, 0.15) is 27.5 Å². The first kappa shape index (κ1) is 18.2. The van der Waals surface area contributed by atoms with Gasteiger partial charge in [0.2, 0.25) is 0 Å². The van der Waals surface area contributed by atoms with Gasteiger partial charge in [-0.25, -0.2) is 0 Å². The lowest BCUT2D eigenvalue weighted by Gasteiger charge is -2.17. The average Bonchev–Trinajstić information content (AvgIpc) is 3.05. The first-order valence-electron chi connectivity index (χ1n) is 8.16. The molecule has 1 saturated heterocycles. The zero-order valence-corrected chi connectivity index (χ0v) is 13.8. The SMILES string of the molecule is NC[C@@H]1CN(C(=O)c2ccc(C(F)(F)F)[nH]c2=O)C[C@H]1c1ccccc1. The molecule has 0 spiro atoms. The van der Waals surface area contributed by atoms with E-state index < -0.39 is 23.3 Å². The summed E-state index contributed by atoms with van der Waals surface area (Å²) in [5, 5.41) is 0. The maximum absolute atomic E-state index is 12.7. The van der Waals surface area contributed by atoms with Gasteiger partial charge in [-0.3, -0.25) is 9.59 Å². The Balaban J connectivity index is 1.84. The van der Waals surface area contributed by atoms with Crippen molar-refractivity contribution in [3.05, 3.63) is 69.6 Å². The van der Waals surface area contributed by atoms with Crippen molar-refractivity contribution < 1.29 is 18.0 Å². The number of H-pyrrole nitrogens is 1. The molecule has 1 aromatic carbocycles. The predicted octanol–water partition coefficient (Wildman–Crippen LogP) is 2.21. The number of hydrogen-bond donors (Lipinski definition) is 2. The van der Waals surface area contributed by atoms with Gasteiger partial charge in [-0.15, -0.1) is 0 Å². The normalized spacial score (nSPS) is 20.4. The minimum absolute atomic E-state index is 0.0230. The molecule has 1 aliphatic rings. The van der Waals surface area contributed by atoms with Crippen LogP contribution in [0.4, 0.5) is 13.2 Å². The lowest BCUT2D eigenvalue weighted by molar-refractivity contribution is -0.141. The summed E-state index contributed by atoms with van der Waals surface area (Å²) in [4.78, 5) is 27.8. The van der Waals surface area contributed by atoms with Gasteiger partial charge in [0.05, 0.1) is 0 Å². The molecular formula is C18H18F3N3O2. The van der Waals surface area contributed by atoms with Gasteiger partial charge in [-0.1, -0.05) is 30.3 Å². The number of benzene rings is 1. The average molecular weight is 365 g/mol. The summed E-state index contributed by atoms with van der Waals surface area (Å²) in [5.41, 5.74) is 4.34. The number of likely N-dealkylation sites (tertiary alicyclic amines) is 1. The van der Waals surface area contributed by atoms with Gasteiger partial charge in [0.1, 0.15) is 11.3 Å². The third kappa shape index (κ3) is 3.50. The van der Waals surface area contributed by atoms with Gasteiger partial charge in [-0.2, -0.15) is 13.2 Å². The fraction of sp³-hybridized carbons (Fsp3) is 0.333. The summed E-state index contributed by atoms with van der Waals surface area (Å²) in [6, 6.07) is 11.2. The molecule has 2 atom stereocenters. The zero-order valence-electron chi connectivity index (χ0n) is 13.8. The van der Waals surface area contributed by atoms with Crippen LogP contribution < -0.4 is 11.3 Å². The standard InChI is InChI=1S/C18H18F3N3O2/c19-18(20,21)15-7-6-13(16(25)23-15)17(26)24-9-12(8-22)14(10-24)11-4-2-1-3-5-11/h1-7,12,14H,8-10,22H2,(H,23,25)/t12-,14+/m1/s1. The van der Waals surface area contributed by atoms with Gasteiger partial charge in [0.15, 0.2) is 0 Å². The Hall–Kier alpha value is -2.61. The van der Waals surface area contributed by atoms with E-state index in [1.54, 1.807) is 4.98 Å². The van der Waals surface area contributed by atoms with Gasteiger partial charge < -0.3 is 15.6 Å². The number of amides is 1. The van der Waals surface area contributed by atoms with E-state index in [4.69, 9.17) is 5.73 Å². The summed E-state index contributed by atoms with van der Waals surface area (Å²) in [5.74, 6) is -0.537. The van der Waals surface area contributed by atoms with Crippen molar-refractivity contribution >= 4 is 5.91 Å². The van der Waals surface area contributed by atoms with Crippen molar-refractivity contribution in [1.82, 2.24) is 9.88 Å². The fourth-order valence-corrected chi connectivity index (χ4v) is 3.33. The second-order valence-electron chi connectivity index (χ2n) is 6.34. The Morgan fingerprint density at radius 3 is 2.42 bits per heavy atom. The largest absolute Gasteiger partial charge is 0.431 e.